The average Bonchev–Trinajstić information content (AvgIpc) is 3.47. The molecule has 1 unspecified atom stereocenters. The molecule has 4 nitrogen and oxygen atoms in total. The molecular weight excluding hydrogens is 413 g/mol. The van der Waals surface area contributed by atoms with E-state index in [1.807, 2.05) is 47.5 Å². The van der Waals surface area contributed by atoms with E-state index in [2.05, 4.69) is 9.88 Å². The number of likely N-dealkylation sites (tertiary alicyclic amines) is 1. The summed E-state index contributed by atoms with van der Waals surface area (Å²) in [6.07, 6.45) is 9.98. The van der Waals surface area contributed by atoms with E-state index >= 15 is 0 Å². The molecule has 0 spiro atoms. The fourth-order valence-corrected chi connectivity index (χ4v) is 5.74. The summed E-state index contributed by atoms with van der Waals surface area (Å²) < 4.78 is 13.8. The number of aromatic amines is 1. The SMILES string of the molecule is O=C(CC1CCCCC1)N(CCN1CCC(c2c[nH]c3ccc(F)cc23)C1)c1ccccc1. The van der Waals surface area contributed by atoms with Crippen LogP contribution in [0.4, 0.5) is 10.1 Å². The predicted molar refractivity (Wildman–Crippen MR) is 132 cm³/mol. The average molecular weight is 448 g/mol. The van der Waals surface area contributed by atoms with Crippen molar-refractivity contribution in [1.82, 2.24) is 9.88 Å². The minimum Gasteiger partial charge on any atom is -0.361 e. The number of nitrogens with one attached hydrogen (secondary N) is 1. The number of benzene rings is 2. The lowest BCUT2D eigenvalue weighted by Crippen LogP contribution is -2.39. The molecule has 1 amide bonds. The molecule has 5 rings (SSSR count). The van der Waals surface area contributed by atoms with E-state index in [-0.39, 0.29) is 11.7 Å². The number of hydrogen-bond acceptors (Lipinski definition) is 2. The molecule has 2 aliphatic rings. The van der Waals surface area contributed by atoms with Crippen molar-refractivity contribution < 1.29 is 9.18 Å². The quantitative estimate of drug-likeness (QED) is 0.475. The molecule has 1 N–H and O–H groups in total. The number of rotatable bonds is 7. The Bertz CT molecular complexity index is 1070. The number of halogens is 1. The molecule has 1 atom stereocenters. The number of H-pyrrole nitrogens is 1. The maximum atomic E-state index is 13.8. The summed E-state index contributed by atoms with van der Waals surface area (Å²) in [5.41, 5.74) is 3.20. The topological polar surface area (TPSA) is 39.3 Å². The van der Waals surface area contributed by atoms with Gasteiger partial charge in [0, 0.05) is 48.8 Å². The monoisotopic (exact) mass is 447 g/mol. The van der Waals surface area contributed by atoms with Gasteiger partial charge < -0.3 is 14.8 Å². The van der Waals surface area contributed by atoms with E-state index in [1.165, 1.54) is 43.7 Å². The first kappa shape index (κ1) is 22.1. The summed E-state index contributed by atoms with van der Waals surface area (Å²) in [6.45, 7) is 3.53. The zero-order valence-electron chi connectivity index (χ0n) is 19.3. The Hall–Kier alpha value is -2.66. The summed E-state index contributed by atoms with van der Waals surface area (Å²) in [5.74, 6) is 1.00. The first-order valence-electron chi connectivity index (χ1n) is 12.5. The first-order chi connectivity index (χ1) is 16.2. The highest BCUT2D eigenvalue weighted by atomic mass is 19.1. The van der Waals surface area contributed by atoms with Crippen molar-refractivity contribution in [3.05, 3.63) is 66.1 Å². The molecule has 1 aliphatic carbocycles. The smallest absolute Gasteiger partial charge is 0.227 e. The lowest BCUT2D eigenvalue weighted by molar-refractivity contribution is -0.119. The lowest BCUT2D eigenvalue weighted by atomic mass is 9.86. The molecule has 3 aromatic rings. The Kier molecular flexibility index (Phi) is 6.77. The molecule has 1 saturated heterocycles. The van der Waals surface area contributed by atoms with Gasteiger partial charge in [-0.2, -0.15) is 0 Å². The molecule has 1 saturated carbocycles. The van der Waals surface area contributed by atoms with Crippen molar-refractivity contribution >= 4 is 22.5 Å². The van der Waals surface area contributed by atoms with Crippen molar-refractivity contribution in [2.24, 2.45) is 5.92 Å². The van der Waals surface area contributed by atoms with Crippen molar-refractivity contribution in [1.29, 1.82) is 0 Å². The summed E-state index contributed by atoms with van der Waals surface area (Å²) >= 11 is 0. The lowest BCUT2D eigenvalue weighted by Gasteiger charge is -2.28. The Balaban J connectivity index is 1.23. The fourth-order valence-electron chi connectivity index (χ4n) is 5.74. The van der Waals surface area contributed by atoms with Crippen LogP contribution < -0.4 is 4.90 Å². The minimum atomic E-state index is -0.187. The van der Waals surface area contributed by atoms with E-state index < -0.39 is 0 Å². The summed E-state index contributed by atoms with van der Waals surface area (Å²) in [6, 6.07) is 15.1. The molecule has 1 aliphatic heterocycles. The van der Waals surface area contributed by atoms with Crippen LogP contribution in [0.2, 0.25) is 0 Å². The molecular formula is C28H34FN3O. The van der Waals surface area contributed by atoms with Gasteiger partial charge in [0.25, 0.3) is 0 Å². The Morgan fingerprint density at radius 2 is 1.88 bits per heavy atom. The van der Waals surface area contributed by atoms with E-state index in [0.717, 1.165) is 42.6 Å². The third kappa shape index (κ3) is 5.14. The first-order valence-corrected chi connectivity index (χ1v) is 12.5. The fraction of sp³-hybridized carbons (Fsp3) is 0.464. The number of fused-ring (bicyclic) bond motifs is 1. The van der Waals surface area contributed by atoms with Crippen LogP contribution in [0.3, 0.4) is 0 Å². The molecule has 33 heavy (non-hydrogen) atoms. The molecule has 2 fully saturated rings. The molecule has 0 bridgehead atoms. The highest BCUT2D eigenvalue weighted by molar-refractivity contribution is 5.93. The van der Waals surface area contributed by atoms with Crippen molar-refractivity contribution in [2.75, 3.05) is 31.1 Å². The van der Waals surface area contributed by atoms with Crippen LogP contribution in [0.25, 0.3) is 10.9 Å². The highest BCUT2D eigenvalue weighted by Gasteiger charge is 2.28. The maximum absolute atomic E-state index is 13.8. The third-order valence-corrected chi connectivity index (χ3v) is 7.58. The van der Waals surface area contributed by atoms with Gasteiger partial charge in [-0.05, 0) is 73.5 Å². The number of hydrogen-bond donors (Lipinski definition) is 1. The van der Waals surface area contributed by atoms with Crippen molar-refractivity contribution in [3.8, 4) is 0 Å². The number of nitrogens with zero attached hydrogens (tertiary/aromatic N) is 2. The maximum Gasteiger partial charge on any atom is 0.227 e. The van der Waals surface area contributed by atoms with E-state index in [4.69, 9.17) is 0 Å². The molecule has 2 aromatic carbocycles. The van der Waals surface area contributed by atoms with Gasteiger partial charge in [-0.1, -0.05) is 37.5 Å². The second-order valence-corrected chi connectivity index (χ2v) is 9.81. The van der Waals surface area contributed by atoms with E-state index in [9.17, 15) is 9.18 Å². The van der Waals surface area contributed by atoms with Crippen LogP contribution in [0.15, 0.2) is 54.7 Å². The summed E-state index contributed by atoms with van der Waals surface area (Å²) in [7, 11) is 0. The zero-order valence-corrected chi connectivity index (χ0v) is 19.3. The molecule has 2 heterocycles. The van der Waals surface area contributed by atoms with Crippen molar-refractivity contribution in [3.63, 3.8) is 0 Å². The van der Waals surface area contributed by atoms with E-state index in [0.29, 0.717) is 24.8 Å². The number of carbonyl (C=O) groups is 1. The summed E-state index contributed by atoms with van der Waals surface area (Å²) in [5, 5.41) is 0.996. The van der Waals surface area contributed by atoms with Gasteiger partial charge in [-0.25, -0.2) is 4.39 Å². The van der Waals surface area contributed by atoms with Gasteiger partial charge >= 0.3 is 0 Å². The molecule has 0 radical (unpaired) electrons. The van der Waals surface area contributed by atoms with Gasteiger partial charge in [-0.15, -0.1) is 0 Å². The number of anilines is 1. The normalized spacial score (nSPS) is 19.8. The van der Waals surface area contributed by atoms with Crippen LogP contribution in [0.5, 0.6) is 0 Å². The molecule has 174 valence electrons. The van der Waals surface area contributed by atoms with Crippen LogP contribution in [-0.2, 0) is 4.79 Å². The highest BCUT2D eigenvalue weighted by Crippen LogP contribution is 2.33. The van der Waals surface area contributed by atoms with Gasteiger partial charge in [0.1, 0.15) is 5.82 Å². The van der Waals surface area contributed by atoms with E-state index in [1.54, 1.807) is 6.07 Å². The number of aromatic nitrogens is 1. The molecule has 1 aromatic heterocycles. The second kappa shape index (κ2) is 10.1. The second-order valence-electron chi connectivity index (χ2n) is 9.81. The minimum absolute atomic E-state index is 0.187. The number of carbonyl (C=O) groups excluding carboxylic acids is 1. The van der Waals surface area contributed by atoms with Gasteiger partial charge in [0.15, 0.2) is 0 Å². The molecule has 5 heteroatoms. The Morgan fingerprint density at radius 3 is 2.70 bits per heavy atom. The Labute approximate surface area is 195 Å². The van der Waals surface area contributed by atoms with Gasteiger partial charge in [0.05, 0.1) is 0 Å². The summed E-state index contributed by atoms with van der Waals surface area (Å²) in [4.78, 5) is 21.1. The van der Waals surface area contributed by atoms with Gasteiger partial charge in [-0.3, -0.25) is 4.79 Å². The Morgan fingerprint density at radius 1 is 1.06 bits per heavy atom. The standard InChI is InChI=1S/C28H34FN3O/c29-23-11-12-27-25(18-23)26(19-30-27)22-13-14-31(20-22)15-16-32(24-9-5-2-6-10-24)28(33)17-21-7-3-1-4-8-21/h2,5-6,9-12,18-19,21-22,30H,1,3-4,7-8,13-17,20H2. The van der Waals surface area contributed by atoms with Crippen LogP contribution in [0.1, 0.15) is 56.4 Å². The predicted octanol–water partition coefficient (Wildman–Crippen LogP) is 6.10. The van der Waals surface area contributed by atoms with Crippen LogP contribution in [-0.4, -0.2) is 42.0 Å². The van der Waals surface area contributed by atoms with Crippen LogP contribution in [0, 0.1) is 11.7 Å². The van der Waals surface area contributed by atoms with Crippen molar-refractivity contribution in [2.45, 2.75) is 50.9 Å². The van der Waals surface area contributed by atoms with Gasteiger partial charge in [0.2, 0.25) is 5.91 Å². The third-order valence-electron chi connectivity index (χ3n) is 7.58. The zero-order chi connectivity index (χ0) is 22.6. The number of para-hydroxylation sites is 1. The largest absolute Gasteiger partial charge is 0.361 e. The number of amides is 1. The van der Waals surface area contributed by atoms with Crippen LogP contribution >= 0.6 is 0 Å².